The summed E-state index contributed by atoms with van der Waals surface area (Å²) in [7, 11) is 2.75. The topological polar surface area (TPSA) is 93.5 Å². The molecule has 4 rings (SSSR count). The molecule has 4 atom stereocenters. The van der Waals surface area contributed by atoms with E-state index in [0.29, 0.717) is 12.1 Å². The molecule has 8 heteroatoms. The Labute approximate surface area is 162 Å². The summed E-state index contributed by atoms with van der Waals surface area (Å²) >= 11 is 0. The molecule has 1 aromatic carbocycles. The Hall–Kier alpha value is -3.00. The fourth-order valence-electron chi connectivity index (χ4n) is 4.48. The van der Waals surface area contributed by atoms with Gasteiger partial charge >= 0.3 is 5.97 Å². The highest BCUT2D eigenvalue weighted by Crippen LogP contribution is 2.52. The summed E-state index contributed by atoms with van der Waals surface area (Å²) in [5.41, 5.74) is -0.0920. The summed E-state index contributed by atoms with van der Waals surface area (Å²) in [6, 6.07) is 8.43. The lowest BCUT2D eigenvalue weighted by molar-refractivity contribution is -0.154. The number of esters is 1. The Morgan fingerprint density at radius 2 is 1.96 bits per heavy atom. The van der Waals surface area contributed by atoms with Crippen molar-refractivity contribution in [2.45, 2.75) is 25.0 Å². The van der Waals surface area contributed by atoms with Crippen molar-refractivity contribution < 1.29 is 19.1 Å². The Balaban J connectivity index is 1.92. The monoisotopic (exact) mass is 382 g/mol. The molecule has 28 heavy (non-hydrogen) atoms. The molecule has 2 saturated heterocycles. The van der Waals surface area contributed by atoms with Gasteiger partial charge in [-0.15, -0.1) is 0 Å². The van der Waals surface area contributed by atoms with Crippen LogP contribution < -0.4 is 5.32 Å². The molecule has 146 valence electrons. The SMILES string of the molecule is CCn1cc([C@H]2N[C@](C(=O)OC)(c3ccccc3)[C@H]3C(=O)N(C)C(=O)[C@@H]23)cn1. The summed E-state index contributed by atoms with van der Waals surface area (Å²) in [4.78, 5) is 40.3. The zero-order chi connectivity index (χ0) is 20.1. The first kappa shape index (κ1) is 18.4. The molecule has 1 aromatic heterocycles. The van der Waals surface area contributed by atoms with Gasteiger partial charge in [0.1, 0.15) is 0 Å². The number of methoxy groups -OCH3 is 1. The number of hydrogen-bond acceptors (Lipinski definition) is 6. The lowest BCUT2D eigenvalue weighted by Gasteiger charge is -2.32. The molecular formula is C20H22N4O4. The van der Waals surface area contributed by atoms with Crippen LogP contribution in [-0.4, -0.2) is 46.6 Å². The zero-order valence-corrected chi connectivity index (χ0v) is 16.0. The van der Waals surface area contributed by atoms with Gasteiger partial charge in [0.25, 0.3) is 0 Å². The molecule has 0 unspecified atom stereocenters. The summed E-state index contributed by atoms with van der Waals surface area (Å²) < 4.78 is 6.87. The van der Waals surface area contributed by atoms with Crippen molar-refractivity contribution in [3.8, 4) is 0 Å². The van der Waals surface area contributed by atoms with Gasteiger partial charge in [0.2, 0.25) is 11.8 Å². The van der Waals surface area contributed by atoms with Gasteiger partial charge < -0.3 is 4.74 Å². The molecule has 2 aliphatic heterocycles. The van der Waals surface area contributed by atoms with Crippen molar-refractivity contribution in [1.29, 1.82) is 0 Å². The van der Waals surface area contributed by atoms with Crippen LogP contribution in [0, 0.1) is 11.8 Å². The number of likely N-dealkylation sites (tertiary alicyclic amines) is 1. The highest BCUT2D eigenvalue weighted by molar-refractivity contribution is 6.09. The average Bonchev–Trinajstić information content (AvgIpc) is 3.40. The number of fused-ring (bicyclic) bond motifs is 1. The quantitative estimate of drug-likeness (QED) is 0.622. The van der Waals surface area contributed by atoms with Crippen molar-refractivity contribution in [2.24, 2.45) is 11.8 Å². The van der Waals surface area contributed by atoms with E-state index >= 15 is 0 Å². The minimum atomic E-state index is -1.45. The van der Waals surface area contributed by atoms with E-state index < -0.39 is 29.4 Å². The number of carbonyl (C=O) groups is 3. The fraction of sp³-hybridized carbons (Fsp3) is 0.400. The second-order valence-corrected chi connectivity index (χ2v) is 7.16. The number of nitrogens with one attached hydrogen (secondary N) is 1. The van der Waals surface area contributed by atoms with E-state index in [1.54, 1.807) is 35.1 Å². The zero-order valence-electron chi connectivity index (χ0n) is 16.0. The highest BCUT2D eigenvalue weighted by atomic mass is 16.5. The molecule has 3 heterocycles. The van der Waals surface area contributed by atoms with E-state index in [1.165, 1.54) is 14.2 Å². The van der Waals surface area contributed by atoms with Crippen LogP contribution in [0.5, 0.6) is 0 Å². The molecule has 0 radical (unpaired) electrons. The van der Waals surface area contributed by atoms with Crippen LogP contribution in [0.25, 0.3) is 0 Å². The van der Waals surface area contributed by atoms with Crippen LogP contribution in [0.3, 0.4) is 0 Å². The number of rotatable bonds is 4. The number of carbonyl (C=O) groups excluding carboxylic acids is 3. The number of benzene rings is 1. The molecule has 2 aliphatic rings. The van der Waals surface area contributed by atoms with Gasteiger partial charge in [0.05, 0.1) is 25.1 Å². The first-order chi connectivity index (χ1) is 13.5. The molecule has 2 fully saturated rings. The summed E-state index contributed by atoms with van der Waals surface area (Å²) in [5.74, 6) is -2.89. The first-order valence-electron chi connectivity index (χ1n) is 9.21. The van der Waals surface area contributed by atoms with E-state index in [2.05, 4.69) is 10.4 Å². The number of ether oxygens (including phenoxy) is 1. The third kappa shape index (κ3) is 2.34. The van der Waals surface area contributed by atoms with E-state index in [0.717, 1.165) is 10.5 Å². The third-order valence-electron chi connectivity index (χ3n) is 5.85. The van der Waals surface area contributed by atoms with E-state index in [4.69, 9.17) is 4.74 Å². The van der Waals surface area contributed by atoms with Crippen molar-refractivity contribution >= 4 is 17.8 Å². The van der Waals surface area contributed by atoms with Gasteiger partial charge in [-0.2, -0.15) is 5.10 Å². The van der Waals surface area contributed by atoms with Crippen molar-refractivity contribution in [1.82, 2.24) is 20.0 Å². The number of aromatic nitrogens is 2. The second kappa shape index (κ2) is 6.56. The van der Waals surface area contributed by atoms with Crippen LogP contribution in [0.4, 0.5) is 0 Å². The number of aryl methyl sites for hydroxylation is 1. The van der Waals surface area contributed by atoms with Crippen LogP contribution in [-0.2, 0) is 31.2 Å². The lowest BCUT2D eigenvalue weighted by Crippen LogP contribution is -2.53. The maximum Gasteiger partial charge on any atom is 0.331 e. The minimum Gasteiger partial charge on any atom is -0.467 e. The fourth-order valence-corrected chi connectivity index (χ4v) is 4.48. The van der Waals surface area contributed by atoms with Crippen LogP contribution >= 0.6 is 0 Å². The van der Waals surface area contributed by atoms with Gasteiger partial charge in [-0.3, -0.25) is 24.5 Å². The summed E-state index contributed by atoms with van der Waals surface area (Å²) in [6.07, 6.45) is 3.51. The lowest BCUT2D eigenvalue weighted by atomic mass is 9.75. The van der Waals surface area contributed by atoms with Gasteiger partial charge in [-0.25, -0.2) is 4.79 Å². The van der Waals surface area contributed by atoms with Gasteiger partial charge in [0, 0.05) is 31.4 Å². The molecule has 8 nitrogen and oxygen atoms in total. The van der Waals surface area contributed by atoms with E-state index in [1.807, 2.05) is 19.2 Å². The predicted molar refractivity (Wildman–Crippen MR) is 98.7 cm³/mol. The van der Waals surface area contributed by atoms with Gasteiger partial charge in [-0.1, -0.05) is 30.3 Å². The number of amides is 2. The minimum absolute atomic E-state index is 0.307. The van der Waals surface area contributed by atoms with E-state index in [-0.39, 0.29) is 11.8 Å². The standard InChI is InChI=1S/C20H22N4O4/c1-4-24-11-12(10-21-24)16-14-15(18(26)23(2)17(14)25)20(22-16,19(27)28-3)13-8-6-5-7-9-13/h5-11,14-16,22H,4H2,1-3H3/t14-,15-,16-,20-/m1/s1. The van der Waals surface area contributed by atoms with Crippen LogP contribution in [0.15, 0.2) is 42.7 Å². The molecule has 1 N–H and O–H groups in total. The van der Waals surface area contributed by atoms with Gasteiger partial charge in [-0.05, 0) is 12.5 Å². The molecular weight excluding hydrogens is 360 g/mol. The molecule has 0 spiro atoms. The normalized spacial score (nSPS) is 29.2. The Kier molecular flexibility index (Phi) is 4.30. The number of hydrogen-bond donors (Lipinski definition) is 1. The molecule has 0 saturated carbocycles. The van der Waals surface area contributed by atoms with Crippen molar-refractivity contribution in [2.75, 3.05) is 14.2 Å². The maximum absolute atomic E-state index is 13.1. The van der Waals surface area contributed by atoms with Crippen LogP contribution in [0.2, 0.25) is 0 Å². The van der Waals surface area contributed by atoms with Crippen LogP contribution in [0.1, 0.15) is 24.1 Å². The smallest absolute Gasteiger partial charge is 0.331 e. The molecule has 0 bridgehead atoms. The second-order valence-electron chi connectivity index (χ2n) is 7.16. The maximum atomic E-state index is 13.1. The summed E-state index contributed by atoms with van der Waals surface area (Å²) in [6.45, 7) is 2.64. The number of imide groups is 1. The largest absolute Gasteiger partial charge is 0.467 e. The third-order valence-corrected chi connectivity index (χ3v) is 5.85. The molecule has 2 aromatic rings. The average molecular weight is 382 g/mol. The predicted octanol–water partition coefficient (Wildman–Crippen LogP) is 0.847. The van der Waals surface area contributed by atoms with Crippen molar-refractivity contribution in [3.63, 3.8) is 0 Å². The molecule has 0 aliphatic carbocycles. The first-order valence-corrected chi connectivity index (χ1v) is 9.21. The Morgan fingerprint density at radius 1 is 1.25 bits per heavy atom. The van der Waals surface area contributed by atoms with E-state index in [9.17, 15) is 14.4 Å². The Morgan fingerprint density at radius 3 is 2.57 bits per heavy atom. The van der Waals surface area contributed by atoms with Gasteiger partial charge in [0.15, 0.2) is 5.54 Å². The van der Waals surface area contributed by atoms with Crippen molar-refractivity contribution in [3.05, 3.63) is 53.9 Å². The highest BCUT2D eigenvalue weighted by Gasteiger charge is 2.69. The number of nitrogens with zero attached hydrogens (tertiary/aromatic N) is 3. The Bertz CT molecular complexity index is 941. The summed E-state index contributed by atoms with van der Waals surface area (Å²) in [5, 5.41) is 7.61. The molecule has 2 amide bonds.